The van der Waals surface area contributed by atoms with Crippen LogP contribution in [0.2, 0.25) is 0 Å². The number of nitrogens with zero attached hydrogens (tertiary/aromatic N) is 5. The van der Waals surface area contributed by atoms with Gasteiger partial charge in [0.05, 0.1) is 12.6 Å². The summed E-state index contributed by atoms with van der Waals surface area (Å²) < 4.78 is 3.57. The van der Waals surface area contributed by atoms with Gasteiger partial charge in [0, 0.05) is 23.6 Å². The quantitative estimate of drug-likeness (QED) is 0.575. The minimum atomic E-state index is -0.197. The van der Waals surface area contributed by atoms with E-state index >= 15 is 0 Å². The summed E-state index contributed by atoms with van der Waals surface area (Å²) in [5, 5.41) is 15.0. The van der Waals surface area contributed by atoms with Crippen LogP contribution < -0.4 is 5.32 Å². The van der Waals surface area contributed by atoms with Crippen LogP contribution in [0.1, 0.15) is 22.0 Å². The van der Waals surface area contributed by atoms with Crippen LogP contribution in [0, 0.1) is 0 Å². The van der Waals surface area contributed by atoms with E-state index in [4.69, 9.17) is 0 Å². The third-order valence-electron chi connectivity index (χ3n) is 4.26. The number of carbonyl (C=O) groups excluding carboxylic acids is 1. The molecule has 2 aromatic heterocycles. The number of aromatic nitrogens is 5. The van der Waals surface area contributed by atoms with Crippen molar-refractivity contribution in [2.24, 2.45) is 0 Å². The van der Waals surface area contributed by atoms with E-state index in [9.17, 15) is 4.79 Å². The smallest absolute Gasteiger partial charge is 0.251 e. The molecule has 27 heavy (non-hydrogen) atoms. The first-order valence-electron chi connectivity index (χ1n) is 8.58. The van der Waals surface area contributed by atoms with Crippen molar-refractivity contribution in [3.05, 3.63) is 96.8 Å². The number of nitrogens with one attached hydrogen (secondary N) is 1. The molecule has 0 aliphatic carbocycles. The maximum absolute atomic E-state index is 12.9. The van der Waals surface area contributed by atoms with Crippen molar-refractivity contribution in [2.75, 3.05) is 0 Å². The molecule has 0 bridgehead atoms. The van der Waals surface area contributed by atoms with Gasteiger partial charge in [-0.25, -0.2) is 0 Å². The summed E-state index contributed by atoms with van der Waals surface area (Å²) in [5.74, 6) is -0.147. The second kappa shape index (κ2) is 7.65. The molecule has 0 aliphatic heterocycles. The molecule has 0 saturated carbocycles. The van der Waals surface area contributed by atoms with E-state index in [1.165, 1.54) is 0 Å². The highest BCUT2D eigenvalue weighted by Gasteiger charge is 2.17. The average molecular weight is 358 g/mol. The lowest BCUT2D eigenvalue weighted by molar-refractivity contribution is 0.0932. The highest BCUT2D eigenvalue weighted by molar-refractivity contribution is 5.95. The number of rotatable bonds is 6. The van der Waals surface area contributed by atoms with Gasteiger partial charge < -0.3 is 5.32 Å². The van der Waals surface area contributed by atoms with Crippen molar-refractivity contribution in [3.8, 4) is 5.69 Å². The number of hydrogen-bond donors (Lipinski definition) is 1. The fourth-order valence-corrected chi connectivity index (χ4v) is 2.90. The van der Waals surface area contributed by atoms with Crippen molar-refractivity contribution in [2.45, 2.75) is 12.6 Å². The highest BCUT2D eigenvalue weighted by atomic mass is 16.1. The molecule has 0 aliphatic rings. The molecular weight excluding hydrogens is 340 g/mol. The van der Waals surface area contributed by atoms with Crippen LogP contribution in [-0.2, 0) is 6.54 Å². The van der Waals surface area contributed by atoms with Gasteiger partial charge in [-0.15, -0.1) is 10.2 Å². The molecule has 7 nitrogen and oxygen atoms in total. The van der Waals surface area contributed by atoms with Crippen LogP contribution in [0.5, 0.6) is 0 Å². The van der Waals surface area contributed by atoms with Gasteiger partial charge in [0.2, 0.25) is 0 Å². The third-order valence-corrected chi connectivity index (χ3v) is 4.26. The summed E-state index contributed by atoms with van der Waals surface area (Å²) in [5.41, 5.74) is 2.43. The Kier molecular flexibility index (Phi) is 4.74. The minimum Gasteiger partial charge on any atom is -0.343 e. The Hall–Kier alpha value is -3.74. The maximum atomic E-state index is 12.9. The van der Waals surface area contributed by atoms with Crippen molar-refractivity contribution in [1.29, 1.82) is 0 Å². The number of carbonyl (C=O) groups is 1. The van der Waals surface area contributed by atoms with Crippen LogP contribution in [0.3, 0.4) is 0 Å². The molecule has 0 spiro atoms. The molecule has 1 N–H and O–H groups in total. The first-order valence-corrected chi connectivity index (χ1v) is 8.58. The predicted molar refractivity (Wildman–Crippen MR) is 100 cm³/mol. The van der Waals surface area contributed by atoms with E-state index in [0.717, 1.165) is 11.3 Å². The molecule has 0 unspecified atom stereocenters. The van der Waals surface area contributed by atoms with E-state index in [2.05, 4.69) is 20.6 Å². The normalized spacial score (nSPS) is 11.9. The molecule has 1 amide bonds. The summed E-state index contributed by atoms with van der Waals surface area (Å²) in [4.78, 5) is 12.9. The zero-order valence-corrected chi connectivity index (χ0v) is 14.5. The highest BCUT2D eigenvalue weighted by Crippen LogP contribution is 2.17. The third kappa shape index (κ3) is 3.92. The summed E-state index contributed by atoms with van der Waals surface area (Å²) in [6, 6.07) is 18.9. The first kappa shape index (κ1) is 16.7. The molecule has 0 fully saturated rings. The van der Waals surface area contributed by atoms with Gasteiger partial charge >= 0.3 is 0 Å². The van der Waals surface area contributed by atoms with Crippen LogP contribution >= 0.6 is 0 Å². The van der Waals surface area contributed by atoms with Crippen LogP contribution in [0.15, 0.2) is 85.7 Å². The Bertz CT molecular complexity index is 996. The van der Waals surface area contributed by atoms with Gasteiger partial charge in [0.1, 0.15) is 12.7 Å². The fraction of sp³-hybridized carbons (Fsp3) is 0.100. The minimum absolute atomic E-state index is 0.147. The van der Waals surface area contributed by atoms with Crippen molar-refractivity contribution in [1.82, 2.24) is 29.9 Å². The molecule has 134 valence electrons. The first-order chi connectivity index (χ1) is 13.3. The fourth-order valence-electron chi connectivity index (χ4n) is 2.90. The van der Waals surface area contributed by atoms with E-state index < -0.39 is 0 Å². The van der Waals surface area contributed by atoms with Gasteiger partial charge in [0.15, 0.2) is 0 Å². The van der Waals surface area contributed by atoms with Gasteiger partial charge in [-0.2, -0.15) is 5.10 Å². The summed E-state index contributed by atoms with van der Waals surface area (Å²) in [6.45, 7) is 0.549. The maximum Gasteiger partial charge on any atom is 0.251 e. The lowest BCUT2D eigenvalue weighted by Crippen LogP contribution is -2.31. The molecule has 0 saturated heterocycles. The Balaban J connectivity index is 1.57. The second-order valence-corrected chi connectivity index (χ2v) is 6.08. The van der Waals surface area contributed by atoms with Gasteiger partial charge in [0.25, 0.3) is 5.91 Å². The zero-order chi connectivity index (χ0) is 18.5. The van der Waals surface area contributed by atoms with Crippen molar-refractivity contribution >= 4 is 5.91 Å². The Morgan fingerprint density at radius 3 is 2.56 bits per heavy atom. The molecule has 2 aromatic carbocycles. The largest absolute Gasteiger partial charge is 0.343 e. The van der Waals surface area contributed by atoms with Crippen LogP contribution in [-0.4, -0.2) is 30.5 Å². The molecule has 7 heteroatoms. The topological polar surface area (TPSA) is 77.6 Å². The molecule has 1 atom stereocenters. The number of benzene rings is 2. The van der Waals surface area contributed by atoms with Crippen LogP contribution in [0.25, 0.3) is 5.69 Å². The lowest BCUT2D eigenvalue weighted by Gasteiger charge is -2.19. The van der Waals surface area contributed by atoms with Crippen molar-refractivity contribution in [3.63, 3.8) is 0 Å². The number of hydrogen-bond acceptors (Lipinski definition) is 4. The zero-order valence-electron chi connectivity index (χ0n) is 14.5. The van der Waals surface area contributed by atoms with E-state index in [1.54, 1.807) is 29.5 Å². The van der Waals surface area contributed by atoms with E-state index in [1.807, 2.05) is 65.5 Å². The SMILES string of the molecule is O=C(N[C@@H](Cn1cccn1)c1ccccc1)c1cccc(-n2cnnc2)c1. The van der Waals surface area contributed by atoms with Gasteiger partial charge in [-0.05, 0) is 29.8 Å². The Labute approximate surface area is 156 Å². The standard InChI is InChI=1S/C20H18N6O/c27-20(17-8-4-9-18(12-17)25-14-21-22-15-25)24-19(13-26-11-5-10-23-26)16-6-2-1-3-7-16/h1-12,14-15,19H,13H2,(H,24,27)/t19-/m0/s1. The lowest BCUT2D eigenvalue weighted by atomic mass is 10.1. The summed E-state index contributed by atoms with van der Waals surface area (Å²) >= 11 is 0. The Morgan fingerprint density at radius 1 is 1.00 bits per heavy atom. The molecule has 4 aromatic rings. The predicted octanol–water partition coefficient (Wildman–Crippen LogP) is 2.64. The van der Waals surface area contributed by atoms with Gasteiger partial charge in [-0.1, -0.05) is 36.4 Å². The van der Waals surface area contributed by atoms with Gasteiger partial charge in [-0.3, -0.25) is 14.0 Å². The summed E-state index contributed by atoms with van der Waals surface area (Å²) in [7, 11) is 0. The molecule has 4 rings (SSSR count). The van der Waals surface area contributed by atoms with E-state index in [0.29, 0.717) is 12.1 Å². The van der Waals surface area contributed by atoms with Crippen LogP contribution in [0.4, 0.5) is 0 Å². The van der Waals surface area contributed by atoms with E-state index in [-0.39, 0.29) is 11.9 Å². The monoisotopic (exact) mass is 358 g/mol. The molecular formula is C20H18N6O. The Morgan fingerprint density at radius 2 is 1.81 bits per heavy atom. The van der Waals surface area contributed by atoms with Crippen molar-refractivity contribution < 1.29 is 4.79 Å². The number of amides is 1. The average Bonchev–Trinajstić information content (AvgIpc) is 3.42. The molecule has 2 heterocycles. The molecule has 0 radical (unpaired) electrons. The second-order valence-electron chi connectivity index (χ2n) is 6.08. The summed E-state index contributed by atoms with van der Waals surface area (Å²) in [6.07, 6.45) is 6.81.